The molecule has 1 rings (SSSR count). The third-order valence-electron chi connectivity index (χ3n) is 1.88. The molecule has 15 heavy (non-hydrogen) atoms. The third kappa shape index (κ3) is 3.40. The lowest BCUT2D eigenvalue weighted by Crippen LogP contribution is -1.98. The van der Waals surface area contributed by atoms with E-state index in [2.05, 4.69) is 0 Å². The Morgan fingerprint density at radius 2 is 2.27 bits per heavy atom. The quantitative estimate of drug-likeness (QED) is 0.442. The van der Waals surface area contributed by atoms with Crippen molar-refractivity contribution in [2.24, 2.45) is 0 Å². The lowest BCUT2D eigenvalue weighted by Gasteiger charge is -2.06. The molecule has 1 aromatic carbocycles. The highest BCUT2D eigenvalue weighted by Gasteiger charge is 2.10. The lowest BCUT2D eigenvalue weighted by molar-refractivity contribution is -0.384. The van der Waals surface area contributed by atoms with Crippen LogP contribution in [0.5, 0.6) is 5.75 Å². The van der Waals surface area contributed by atoms with Crippen molar-refractivity contribution >= 4 is 17.3 Å². The van der Waals surface area contributed by atoms with E-state index in [-0.39, 0.29) is 5.69 Å². The first kappa shape index (κ1) is 11.8. The molecule has 1 aromatic rings. The minimum absolute atomic E-state index is 0.00843. The van der Waals surface area contributed by atoms with E-state index in [1.165, 1.54) is 18.2 Å². The Morgan fingerprint density at radius 3 is 2.87 bits per heavy atom. The van der Waals surface area contributed by atoms with E-state index in [0.29, 0.717) is 17.4 Å². The van der Waals surface area contributed by atoms with Crippen molar-refractivity contribution in [3.8, 4) is 5.75 Å². The number of nitro groups is 1. The SMILES string of the molecule is CCCCOc1cc([N+](=O)[O-])ccc1Cl. The molecule has 0 fully saturated rings. The average Bonchev–Trinajstić information content (AvgIpc) is 2.20. The fraction of sp³-hybridized carbons (Fsp3) is 0.400. The molecule has 5 heteroatoms. The van der Waals surface area contributed by atoms with Crippen LogP contribution in [-0.2, 0) is 0 Å². The second-order valence-electron chi connectivity index (χ2n) is 3.07. The Kier molecular flexibility index (Phi) is 4.37. The normalized spacial score (nSPS) is 10.0. The van der Waals surface area contributed by atoms with Crippen molar-refractivity contribution in [1.82, 2.24) is 0 Å². The monoisotopic (exact) mass is 229 g/mol. The summed E-state index contributed by atoms with van der Waals surface area (Å²) in [4.78, 5) is 10.0. The molecular weight excluding hydrogens is 218 g/mol. The number of hydrogen-bond acceptors (Lipinski definition) is 3. The molecule has 0 aliphatic rings. The summed E-state index contributed by atoms with van der Waals surface area (Å²) >= 11 is 5.83. The van der Waals surface area contributed by atoms with Gasteiger partial charge in [0.05, 0.1) is 22.6 Å². The van der Waals surface area contributed by atoms with E-state index >= 15 is 0 Å². The van der Waals surface area contributed by atoms with E-state index in [0.717, 1.165) is 12.8 Å². The molecule has 82 valence electrons. The Labute approximate surface area is 93.0 Å². The first-order valence-electron chi connectivity index (χ1n) is 4.72. The van der Waals surface area contributed by atoms with Gasteiger partial charge in [0.15, 0.2) is 0 Å². The van der Waals surface area contributed by atoms with Gasteiger partial charge in [-0.25, -0.2) is 0 Å². The van der Waals surface area contributed by atoms with Crippen LogP contribution in [-0.4, -0.2) is 11.5 Å². The molecule has 0 spiro atoms. The van der Waals surface area contributed by atoms with Gasteiger partial charge in [-0.3, -0.25) is 10.1 Å². The van der Waals surface area contributed by atoms with Gasteiger partial charge in [0.25, 0.3) is 5.69 Å². The van der Waals surface area contributed by atoms with Crippen LogP contribution in [0.3, 0.4) is 0 Å². The predicted molar refractivity (Wildman–Crippen MR) is 58.5 cm³/mol. The number of non-ortho nitro benzene ring substituents is 1. The lowest BCUT2D eigenvalue weighted by atomic mass is 10.3. The largest absolute Gasteiger partial charge is 0.492 e. The van der Waals surface area contributed by atoms with E-state index in [1.807, 2.05) is 6.92 Å². The molecule has 4 nitrogen and oxygen atoms in total. The summed E-state index contributed by atoms with van der Waals surface area (Å²) in [5.41, 5.74) is -0.00843. The molecule has 0 aliphatic carbocycles. The van der Waals surface area contributed by atoms with Crippen LogP contribution in [0, 0.1) is 10.1 Å². The molecule has 0 N–H and O–H groups in total. The van der Waals surface area contributed by atoms with E-state index in [1.54, 1.807) is 0 Å². The Morgan fingerprint density at radius 1 is 1.53 bits per heavy atom. The van der Waals surface area contributed by atoms with Crippen LogP contribution in [0.15, 0.2) is 18.2 Å². The summed E-state index contributed by atoms with van der Waals surface area (Å²) in [6, 6.07) is 4.17. The maximum absolute atomic E-state index is 10.5. The Balaban J connectivity index is 2.76. The molecule has 0 saturated heterocycles. The van der Waals surface area contributed by atoms with Gasteiger partial charge in [0.1, 0.15) is 5.75 Å². The van der Waals surface area contributed by atoms with Crippen LogP contribution >= 0.6 is 11.6 Å². The minimum atomic E-state index is -0.469. The van der Waals surface area contributed by atoms with Crippen molar-refractivity contribution in [2.75, 3.05) is 6.61 Å². The molecule has 0 unspecified atom stereocenters. The molecule has 0 radical (unpaired) electrons. The number of benzene rings is 1. The fourth-order valence-electron chi connectivity index (χ4n) is 1.04. The number of nitro benzene ring substituents is 1. The Hall–Kier alpha value is -1.29. The van der Waals surface area contributed by atoms with Gasteiger partial charge < -0.3 is 4.74 Å². The zero-order chi connectivity index (χ0) is 11.3. The molecule has 0 atom stereocenters. The van der Waals surface area contributed by atoms with Gasteiger partial charge in [0, 0.05) is 6.07 Å². The van der Waals surface area contributed by atoms with E-state index in [4.69, 9.17) is 16.3 Å². The summed E-state index contributed by atoms with van der Waals surface area (Å²) in [6.07, 6.45) is 1.91. The van der Waals surface area contributed by atoms with Gasteiger partial charge >= 0.3 is 0 Å². The van der Waals surface area contributed by atoms with Crippen LogP contribution < -0.4 is 4.74 Å². The first-order chi connectivity index (χ1) is 7.15. The first-order valence-corrected chi connectivity index (χ1v) is 5.09. The van der Waals surface area contributed by atoms with Gasteiger partial charge in [-0.15, -0.1) is 0 Å². The van der Waals surface area contributed by atoms with Gasteiger partial charge in [-0.2, -0.15) is 0 Å². The van der Waals surface area contributed by atoms with Crippen molar-refractivity contribution in [3.63, 3.8) is 0 Å². The summed E-state index contributed by atoms with van der Waals surface area (Å²) in [5, 5.41) is 10.9. The summed E-state index contributed by atoms with van der Waals surface area (Å²) in [6.45, 7) is 2.57. The number of unbranched alkanes of at least 4 members (excludes halogenated alkanes) is 1. The number of hydrogen-bond donors (Lipinski definition) is 0. The van der Waals surface area contributed by atoms with Crippen molar-refractivity contribution < 1.29 is 9.66 Å². The highest BCUT2D eigenvalue weighted by atomic mass is 35.5. The topological polar surface area (TPSA) is 52.4 Å². The second-order valence-corrected chi connectivity index (χ2v) is 3.48. The molecule has 0 aromatic heterocycles. The van der Waals surface area contributed by atoms with Crippen LogP contribution in [0.1, 0.15) is 19.8 Å². The van der Waals surface area contributed by atoms with E-state index in [9.17, 15) is 10.1 Å². The highest BCUT2D eigenvalue weighted by molar-refractivity contribution is 6.32. The molecule has 0 bridgehead atoms. The number of halogens is 1. The average molecular weight is 230 g/mol. The number of rotatable bonds is 5. The molecule has 0 aliphatic heterocycles. The van der Waals surface area contributed by atoms with Gasteiger partial charge in [-0.1, -0.05) is 24.9 Å². The van der Waals surface area contributed by atoms with Gasteiger partial charge in [0.2, 0.25) is 0 Å². The summed E-state index contributed by atoms with van der Waals surface area (Å²) in [5.74, 6) is 0.374. The highest BCUT2D eigenvalue weighted by Crippen LogP contribution is 2.28. The summed E-state index contributed by atoms with van der Waals surface area (Å²) in [7, 11) is 0. The molecular formula is C10H12ClNO3. The van der Waals surface area contributed by atoms with Crippen molar-refractivity contribution in [3.05, 3.63) is 33.3 Å². The zero-order valence-corrected chi connectivity index (χ0v) is 9.16. The summed E-state index contributed by atoms with van der Waals surface area (Å²) < 4.78 is 5.33. The Bertz CT molecular complexity index is 355. The number of ether oxygens (including phenoxy) is 1. The predicted octanol–water partition coefficient (Wildman–Crippen LogP) is 3.43. The van der Waals surface area contributed by atoms with Gasteiger partial charge in [-0.05, 0) is 12.5 Å². The van der Waals surface area contributed by atoms with E-state index < -0.39 is 4.92 Å². The maximum atomic E-state index is 10.5. The van der Waals surface area contributed by atoms with Crippen LogP contribution in [0.25, 0.3) is 0 Å². The van der Waals surface area contributed by atoms with Crippen LogP contribution in [0.4, 0.5) is 5.69 Å². The van der Waals surface area contributed by atoms with Crippen molar-refractivity contribution in [2.45, 2.75) is 19.8 Å². The molecule has 0 heterocycles. The molecule has 0 saturated carbocycles. The standard InChI is InChI=1S/C10H12ClNO3/c1-2-3-6-15-10-7-8(12(13)14)4-5-9(10)11/h4-5,7H,2-3,6H2,1H3. The van der Waals surface area contributed by atoms with Crippen LogP contribution in [0.2, 0.25) is 5.02 Å². The molecule has 0 amide bonds. The zero-order valence-electron chi connectivity index (χ0n) is 8.40. The smallest absolute Gasteiger partial charge is 0.273 e. The minimum Gasteiger partial charge on any atom is -0.492 e. The number of nitrogens with zero attached hydrogens (tertiary/aromatic N) is 1. The van der Waals surface area contributed by atoms with Crippen molar-refractivity contribution in [1.29, 1.82) is 0 Å². The second kappa shape index (κ2) is 5.56. The maximum Gasteiger partial charge on any atom is 0.273 e. The fourth-order valence-corrected chi connectivity index (χ4v) is 1.21. The third-order valence-corrected chi connectivity index (χ3v) is 2.19.